The van der Waals surface area contributed by atoms with Gasteiger partial charge in [0.15, 0.2) is 5.78 Å². The van der Waals surface area contributed by atoms with Gasteiger partial charge in [-0.25, -0.2) is 0 Å². The molecule has 0 saturated heterocycles. The summed E-state index contributed by atoms with van der Waals surface area (Å²) in [6.45, 7) is 12.7. The Hall–Kier alpha value is -2.19. The number of benzene rings is 2. The van der Waals surface area contributed by atoms with Crippen LogP contribution < -0.4 is 0 Å². The summed E-state index contributed by atoms with van der Waals surface area (Å²) in [6.07, 6.45) is 4.43. The van der Waals surface area contributed by atoms with E-state index in [1.165, 1.54) is 16.7 Å². The zero-order valence-electron chi connectivity index (χ0n) is 19.1. The Morgan fingerprint density at radius 2 is 1.38 bits per heavy atom. The highest BCUT2D eigenvalue weighted by atomic mass is 16.1. The molecule has 0 radical (unpaired) electrons. The van der Waals surface area contributed by atoms with Gasteiger partial charge in [-0.05, 0) is 49.4 Å². The predicted molar refractivity (Wildman–Crippen MR) is 126 cm³/mol. The minimum absolute atomic E-state index is 0.0466. The van der Waals surface area contributed by atoms with Gasteiger partial charge in [0.1, 0.15) is 0 Å². The van der Waals surface area contributed by atoms with E-state index in [1.807, 2.05) is 19.9 Å². The number of hydrogen-bond donors (Lipinski definition) is 0. The molecule has 0 unspecified atom stereocenters. The standard InChI is InChI=1S/C27H37NO/c1-19(2)27(29)26(28(7)20(3)4)22(6)21(5)13-14-23-15-17-25(18-16-23)24-11-9-8-10-12-24/h8-22,26H,1-7H3/b14-13+/t21-,22-,26+/m1/s1. The zero-order chi connectivity index (χ0) is 21.6. The molecule has 0 fully saturated rings. The molecule has 2 aromatic carbocycles. The van der Waals surface area contributed by atoms with Crippen LogP contribution in [0.4, 0.5) is 0 Å². The van der Waals surface area contributed by atoms with Gasteiger partial charge in [0.2, 0.25) is 0 Å². The summed E-state index contributed by atoms with van der Waals surface area (Å²) in [5.74, 6) is 0.932. The van der Waals surface area contributed by atoms with Crippen LogP contribution >= 0.6 is 0 Å². The number of carbonyl (C=O) groups excluding carboxylic acids is 1. The summed E-state index contributed by atoms with van der Waals surface area (Å²) < 4.78 is 0. The van der Waals surface area contributed by atoms with Crippen molar-refractivity contribution >= 4 is 11.9 Å². The number of likely N-dealkylation sites (N-methyl/N-ethyl adjacent to an activating group) is 1. The summed E-state index contributed by atoms with van der Waals surface area (Å²) in [4.78, 5) is 15.1. The van der Waals surface area contributed by atoms with Crippen molar-refractivity contribution in [1.82, 2.24) is 4.90 Å². The van der Waals surface area contributed by atoms with E-state index in [4.69, 9.17) is 0 Å². The maximum absolute atomic E-state index is 12.9. The van der Waals surface area contributed by atoms with Gasteiger partial charge in [-0.1, -0.05) is 94.4 Å². The van der Waals surface area contributed by atoms with Crippen LogP contribution in [0.3, 0.4) is 0 Å². The third kappa shape index (κ3) is 6.14. The lowest BCUT2D eigenvalue weighted by Gasteiger charge is -2.37. The molecule has 0 heterocycles. The van der Waals surface area contributed by atoms with Gasteiger partial charge in [0.05, 0.1) is 6.04 Å². The van der Waals surface area contributed by atoms with Gasteiger partial charge in [0.25, 0.3) is 0 Å². The van der Waals surface area contributed by atoms with Crippen LogP contribution in [0.2, 0.25) is 0 Å². The molecule has 3 atom stereocenters. The number of hydrogen-bond acceptors (Lipinski definition) is 2. The zero-order valence-corrected chi connectivity index (χ0v) is 19.1. The van der Waals surface area contributed by atoms with Crippen molar-refractivity contribution in [3.63, 3.8) is 0 Å². The Kier molecular flexibility index (Phi) is 8.40. The topological polar surface area (TPSA) is 20.3 Å². The third-order valence-electron chi connectivity index (χ3n) is 6.05. The monoisotopic (exact) mass is 391 g/mol. The maximum Gasteiger partial charge on any atom is 0.152 e. The highest BCUT2D eigenvalue weighted by molar-refractivity contribution is 5.86. The van der Waals surface area contributed by atoms with E-state index < -0.39 is 0 Å². The minimum Gasteiger partial charge on any atom is -0.298 e. The molecule has 29 heavy (non-hydrogen) atoms. The molecule has 0 saturated carbocycles. The maximum atomic E-state index is 12.9. The fourth-order valence-electron chi connectivity index (χ4n) is 3.64. The summed E-state index contributed by atoms with van der Waals surface area (Å²) in [5.41, 5.74) is 3.65. The number of carbonyl (C=O) groups is 1. The van der Waals surface area contributed by atoms with Crippen LogP contribution in [-0.2, 0) is 4.79 Å². The van der Waals surface area contributed by atoms with Crippen molar-refractivity contribution in [2.75, 3.05) is 7.05 Å². The Morgan fingerprint density at radius 1 is 0.828 bits per heavy atom. The molecular weight excluding hydrogens is 354 g/mol. The first-order valence-corrected chi connectivity index (χ1v) is 10.8. The van der Waals surface area contributed by atoms with Crippen molar-refractivity contribution < 1.29 is 4.79 Å². The molecule has 2 rings (SSSR count). The first kappa shape index (κ1) is 23.1. The van der Waals surface area contributed by atoms with Crippen LogP contribution in [0.5, 0.6) is 0 Å². The lowest BCUT2D eigenvalue weighted by atomic mass is 9.82. The van der Waals surface area contributed by atoms with Crippen molar-refractivity contribution in [1.29, 1.82) is 0 Å². The molecule has 0 spiro atoms. The van der Waals surface area contributed by atoms with Crippen LogP contribution in [-0.4, -0.2) is 29.8 Å². The number of rotatable bonds is 9. The molecule has 2 heteroatoms. The minimum atomic E-state index is -0.0601. The smallest absolute Gasteiger partial charge is 0.152 e. The Bertz CT molecular complexity index is 789. The van der Waals surface area contributed by atoms with Gasteiger partial charge in [-0.15, -0.1) is 0 Å². The van der Waals surface area contributed by atoms with E-state index in [-0.39, 0.29) is 17.9 Å². The van der Waals surface area contributed by atoms with Crippen molar-refractivity contribution in [2.45, 2.75) is 53.6 Å². The number of ketones is 1. The number of nitrogens with zero attached hydrogens (tertiary/aromatic N) is 1. The summed E-state index contributed by atoms with van der Waals surface area (Å²) in [6, 6.07) is 19.4. The van der Waals surface area contributed by atoms with E-state index in [0.29, 0.717) is 17.7 Å². The molecule has 0 aliphatic rings. The van der Waals surface area contributed by atoms with Gasteiger partial charge >= 0.3 is 0 Å². The Morgan fingerprint density at radius 3 is 1.90 bits per heavy atom. The second-order valence-electron chi connectivity index (χ2n) is 8.83. The lowest BCUT2D eigenvalue weighted by molar-refractivity contribution is -0.129. The molecule has 0 amide bonds. The third-order valence-corrected chi connectivity index (χ3v) is 6.05. The van der Waals surface area contributed by atoms with Gasteiger partial charge in [-0.2, -0.15) is 0 Å². The van der Waals surface area contributed by atoms with Crippen LogP contribution in [0.1, 0.15) is 47.1 Å². The fourth-order valence-corrected chi connectivity index (χ4v) is 3.64. The average molecular weight is 392 g/mol. The van der Waals surface area contributed by atoms with Crippen molar-refractivity contribution in [3.8, 4) is 11.1 Å². The SMILES string of the molecule is CC(C)C(=O)[C@H]([C@H](C)[C@H](C)/C=C/c1ccc(-c2ccccc2)cc1)N(C)C(C)C. The quantitative estimate of drug-likeness (QED) is 0.481. The second-order valence-corrected chi connectivity index (χ2v) is 8.83. The molecule has 0 bridgehead atoms. The van der Waals surface area contributed by atoms with Crippen molar-refractivity contribution in [2.24, 2.45) is 17.8 Å². The predicted octanol–water partition coefficient (Wildman–Crippen LogP) is 6.57. The molecule has 0 N–H and O–H groups in total. The van der Waals surface area contributed by atoms with E-state index in [9.17, 15) is 4.79 Å². The highest BCUT2D eigenvalue weighted by Gasteiger charge is 2.33. The molecule has 156 valence electrons. The molecule has 2 aromatic rings. The number of allylic oxidation sites excluding steroid dienone is 1. The first-order chi connectivity index (χ1) is 13.7. The van der Waals surface area contributed by atoms with E-state index in [2.05, 4.69) is 100 Å². The van der Waals surface area contributed by atoms with Gasteiger partial charge in [-0.3, -0.25) is 9.69 Å². The van der Waals surface area contributed by atoms with E-state index in [1.54, 1.807) is 0 Å². The Balaban J connectivity index is 2.13. The highest BCUT2D eigenvalue weighted by Crippen LogP contribution is 2.26. The number of Topliss-reactive ketones (excluding diaryl/α,β-unsaturated/α-hetero) is 1. The second kappa shape index (κ2) is 10.5. The van der Waals surface area contributed by atoms with E-state index in [0.717, 1.165) is 0 Å². The van der Waals surface area contributed by atoms with Crippen LogP contribution in [0.25, 0.3) is 17.2 Å². The first-order valence-electron chi connectivity index (χ1n) is 10.8. The largest absolute Gasteiger partial charge is 0.298 e. The van der Waals surface area contributed by atoms with Crippen molar-refractivity contribution in [3.05, 3.63) is 66.2 Å². The van der Waals surface area contributed by atoms with Crippen LogP contribution in [0.15, 0.2) is 60.7 Å². The summed E-state index contributed by atoms with van der Waals surface area (Å²) in [5, 5.41) is 0. The molecule has 0 aliphatic heterocycles. The molecule has 2 nitrogen and oxygen atoms in total. The van der Waals surface area contributed by atoms with E-state index >= 15 is 0 Å². The molecule has 0 aromatic heterocycles. The average Bonchev–Trinajstić information content (AvgIpc) is 2.72. The van der Waals surface area contributed by atoms with Crippen LogP contribution in [0, 0.1) is 17.8 Å². The Labute approximate surface area is 177 Å². The molecular formula is C27H37NO. The molecule has 0 aliphatic carbocycles. The normalized spacial score (nSPS) is 15.2. The summed E-state index contributed by atoms with van der Waals surface area (Å²) in [7, 11) is 2.07. The fraction of sp³-hybridized carbons (Fsp3) is 0.444. The van der Waals surface area contributed by atoms with Gasteiger partial charge < -0.3 is 0 Å². The summed E-state index contributed by atoms with van der Waals surface area (Å²) >= 11 is 0. The lowest BCUT2D eigenvalue weighted by Crippen LogP contribution is -2.49. The van der Waals surface area contributed by atoms with Gasteiger partial charge in [0, 0.05) is 12.0 Å².